The minimum atomic E-state index is -0.775. The van der Waals surface area contributed by atoms with Gasteiger partial charge in [-0.1, -0.05) is 0 Å². The van der Waals surface area contributed by atoms with Gasteiger partial charge < -0.3 is 24.5 Å². The lowest BCUT2D eigenvalue weighted by Gasteiger charge is -2.17. The Morgan fingerprint density at radius 2 is 1.96 bits per heavy atom. The van der Waals surface area contributed by atoms with E-state index in [0.717, 1.165) is 0 Å². The number of furan rings is 1. The zero-order valence-corrected chi connectivity index (χ0v) is 13.6. The topological polar surface area (TPSA) is 89.8 Å². The number of ether oxygens (including phenoxy) is 2. The summed E-state index contributed by atoms with van der Waals surface area (Å²) in [6.07, 6.45) is 1.48. The van der Waals surface area contributed by atoms with Crippen LogP contribution in [0.2, 0.25) is 0 Å². The fourth-order valence-electron chi connectivity index (χ4n) is 2.05. The molecule has 0 saturated carbocycles. The second-order valence-electron chi connectivity index (χ2n) is 4.84. The lowest BCUT2D eigenvalue weighted by molar-refractivity contribution is -0.143. The van der Waals surface area contributed by atoms with Crippen molar-refractivity contribution < 1.29 is 23.5 Å². The Labute approximate surface area is 139 Å². The monoisotopic (exact) mass is 332 g/mol. The van der Waals surface area contributed by atoms with E-state index in [1.807, 2.05) is 0 Å². The molecule has 2 aromatic rings. The number of rotatable bonds is 8. The minimum absolute atomic E-state index is 0.200. The van der Waals surface area contributed by atoms with E-state index in [-0.39, 0.29) is 13.2 Å². The number of benzene rings is 1. The molecule has 1 heterocycles. The molecule has 2 rings (SSSR count). The highest BCUT2D eigenvalue weighted by Gasteiger charge is 2.23. The summed E-state index contributed by atoms with van der Waals surface area (Å²) in [7, 11) is 1.58. The molecule has 1 aromatic heterocycles. The highest BCUT2D eigenvalue weighted by atomic mass is 16.5. The maximum atomic E-state index is 12.4. The Balaban J connectivity index is 2.07. The SMILES string of the molecule is CCOC(=O)CNC(=O)C(Nc1ccc(OC)cc1)c1ccco1. The summed E-state index contributed by atoms with van der Waals surface area (Å²) in [4.78, 5) is 23.8. The molecule has 1 atom stereocenters. The Hall–Kier alpha value is -2.96. The predicted octanol–water partition coefficient (Wildman–Crippen LogP) is 2.12. The van der Waals surface area contributed by atoms with Gasteiger partial charge in [-0.25, -0.2) is 0 Å². The van der Waals surface area contributed by atoms with E-state index in [9.17, 15) is 9.59 Å². The van der Waals surface area contributed by atoms with Gasteiger partial charge in [-0.3, -0.25) is 9.59 Å². The van der Waals surface area contributed by atoms with Crippen LogP contribution in [0, 0.1) is 0 Å². The third-order valence-corrected chi connectivity index (χ3v) is 3.20. The molecule has 0 fully saturated rings. The Morgan fingerprint density at radius 1 is 1.21 bits per heavy atom. The van der Waals surface area contributed by atoms with Crippen LogP contribution in [0.25, 0.3) is 0 Å². The van der Waals surface area contributed by atoms with Gasteiger partial charge >= 0.3 is 5.97 Å². The van der Waals surface area contributed by atoms with Crippen molar-refractivity contribution >= 4 is 17.6 Å². The minimum Gasteiger partial charge on any atom is -0.497 e. The Bertz CT molecular complexity index is 652. The third-order valence-electron chi connectivity index (χ3n) is 3.20. The first-order valence-corrected chi connectivity index (χ1v) is 7.51. The van der Waals surface area contributed by atoms with Crippen molar-refractivity contribution in [2.45, 2.75) is 13.0 Å². The number of methoxy groups -OCH3 is 1. The molecule has 128 valence electrons. The number of carbonyl (C=O) groups excluding carboxylic acids is 2. The maximum absolute atomic E-state index is 12.4. The quantitative estimate of drug-likeness (QED) is 0.720. The van der Waals surface area contributed by atoms with Gasteiger partial charge in [-0.2, -0.15) is 0 Å². The number of nitrogens with one attached hydrogen (secondary N) is 2. The van der Waals surface area contributed by atoms with Crippen molar-refractivity contribution in [1.82, 2.24) is 5.32 Å². The predicted molar refractivity (Wildman–Crippen MR) is 87.7 cm³/mol. The van der Waals surface area contributed by atoms with Crippen LogP contribution in [0.15, 0.2) is 47.1 Å². The summed E-state index contributed by atoms with van der Waals surface area (Å²) in [6.45, 7) is 1.77. The molecule has 0 saturated heterocycles. The Kier molecular flexibility index (Phi) is 6.24. The van der Waals surface area contributed by atoms with Crippen molar-refractivity contribution in [2.75, 3.05) is 25.6 Å². The standard InChI is InChI=1S/C17H20N2O5/c1-3-23-15(20)11-18-17(21)16(14-5-4-10-24-14)19-12-6-8-13(22-2)9-7-12/h4-10,16,19H,3,11H2,1-2H3,(H,18,21). The van der Waals surface area contributed by atoms with E-state index >= 15 is 0 Å². The fourth-order valence-corrected chi connectivity index (χ4v) is 2.05. The second kappa shape index (κ2) is 8.61. The van der Waals surface area contributed by atoms with Crippen LogP contribution in [-0.4, -0.2) is 32.1 Å². The van der Waals surface area contributed by atoms with Gasteiger partial charge in [0.1, 0.15) is 18.1 Å². The molecular weight excluding hydrogens is 312 g/mol. The summed E-state index contributed by atoms with van der Waals surface area (Å²) >= 11 is 0. The number of hydrogen-bond donors (Lipinski definition) is 2. The van der Waals surface area contributed by atoms with Crippen LogP contribution in [0.1, 0.15) is 18.7 Å². The molecular formula is C17H20N2O5. The van der Waals surface area contributed by atoms with Crippen molar-refractivity contribution in [1.29, 1.82) is 0 Å². The van der Waals surface area contributed by atoms with E-state index < -0.39 is 17.9 Å². The van der Waals surface area contributed by atoms with E-state index in [1.54, 1.807) is 50.4 Å². The van der Waals surface area contributed by atoms with E-state index in [0.29, 0.717) is 17.2 Å². The molecule has 1 amide bonds. The van der Waals surface area contributed by atoms with Gasteiger partial charge in [-0.15, -0.1) is 0 Å². The van der Waals surface area contributed by atoms with Gasteiger partial charge in [0.2, 0.25) is 0 Å². The van der Waals surface area contributed by atoms with E-state index in [1.165, 1.54) is 6.26 Å². The number of carbonyl (C=O) groups is 2. The van der Waals surface area contributed by atoms with Crippen molar-refractivity contribution in [3.05, 3.63) is 48.4 Å². The van der Waals surface area contributed by atoms with Gasteiger partial charge in [0.15, 0.2) is 6.04 Å². The molecule has 0 radical (unpaired) electrons. The Morgan fingerprint density at radius 3 is 2.54 bits per heavy atom. The highest BCUT2D eigenvalue weighted by molar-refractivity contribution is 5.88. The molecule has 1 unspecified atom stereocenters. The van der Waals surface area contributed by atoms with Crippen molar-refractivity contribution in [3.8, 4) is 5.75 Å². The van der Waals surface area contributed by atoms with Gasteiger partial charge in [0.05, 0.1) is 20.0 Å². The zero-order chi connectivity index (χ0) is 17.4. The van der Waals surface area contributed by atoms with Crippen LogP contribution in [0.4, 0.5) is 5.69 Å². The molecule has 7 heteroatoms. The number of hydrogen-bond acceptors (Lipinski definition) is 6. The van der Waals surface area contributed by atoms with Crippen molar-refractivity contribution in [2.24, 2.45) is 0 Å². The fraction of sp³-hybridized carbons (Fsp3) is 0.294. The first-order valence-electron chi connectivity index (χ1n) is 7.51. The van der Waals surface area contributed by atoms with E-state index in [2.05, 4.69) is 10.6 Å². The number of esters is 1. The van der Waals surface area contributed by atoms with Crippen LogP contribution in [0.5, 0.6) is 5.75 Å². The molecule has 2 N–H and O–H groups in total. The molecule has 0 bridgehead atoms. The lowest BCUT2D eigenvalue weighted by atomic mass is 10.2. The summed E-state index contributed by atoms with van der Waals surface area (Å²) in [6, 6.07) is 9.72. The first kappa shape index (κ1) is 17.4. The largest absolute Gasteiger partial charge is 0.497 e. The maximum Gasteiger partial charge on any atom is 0.325 e. The van der Waals surface area contributed by atoms with E-state index in [4.69, 9.17) is 13.9 Å². The molecule has 7 nitrogen and oxygen atoms in total. The molecule has 24 heavy (non-hydrogen) atoms. The van der Waals surface area contributed by atoms with Crippen LogP contribution >= 0.6 is 0 Å². The molecule has 0 aliphatic heterocycles. The van der Waals surface area contributed by atoms with Crippen molar-refractivity contribution in [3.63, 3.8) is 0 Å². The molecule has 0 aliphatic rings. The average molecular weight is 332 g/mol. The van der Waals surface area contributed by atoms with Gasteiger partial charge in [0.25, 0.3) is 5.91 Å². The number of anilines is 1. The lowest BCUT2D eigenvalue weighted by Crippen LogP contribution is -2.37. The average Bonchev–Trinajstić information content (AvgIpc) is 3.12. The molecule has 0 spiro atoms. The summed E-state index contributed by atoms with van der Waals surface area (Å²) in [5.41, 5.74) is 0.712. The second-order valence-corrected chi connectivity index (χ2v) is 4.84. The summed E-state index contributed by atoms with van der Waals surface area (Å²) in [5, 5.41) is 5.61. The van der Waals surface area contributed by atoms with Gasteiger partial charge in [0, 0.05) is 5.69 Å². The van der Waals surface area contributed by atoms with Crippen LogP contribution in [-0.2, 0) is 14.3 Å². The first-order chi connectivity index (χ1) is 11.6. The normalized spacial score (nSPS) is 11.4. The van der Waals surface area contributed by atoms with Crippen LogP contribution in [0.3, 0.4) is 0 Å². The summed E-state index contributed by atoms with van der Waals surface area (Å²) in [5.74, 6) is 0.261. The number of amides is 1. The van der Waals surface area contributed by atoms with Gasteiger partial charge in [-0.05, 0) is 43.3 Å². The smallest absolute Gasteiger partial charge is 0.325 e. The highest BCUT2D eigenvalue weighted by Crippen LogP contribution is 2.22. The molecule has 1 aromatic carbocycles. The summed E-state index contributed by atoms with van der Waals surface area (Å²) < 4.78 is 15.2. The van der Waals surface area contributed by atoms with Crippen LogP contribution < -0.4 is 15.4 Å². The third kappa shape index (κ3) is 4.77. The zero-order valence-electron chi connectivity index (χ0n) is 13.6. The molecule has 0 aliphatic carbocycles.